The van der Waals surface area contributed by atoms with Crippen LogP contribution in [0, 0.1) is 0 Å². The van der Waals surface area contributed by atoms with Crippen molar-refractivity contribution in [2.24, 2.45) is 0 Å². The van der Waals surface area contributed by atoms with Gasteiger partial charge in [-0.25, -0.2) is 0 Å². The summed E-state index contributed by atoms with van der Waals surface area (Å²) in [5, 5.41) is 10.5. The Kier molecular flexibility index (Phi) is 35.4. The highest BCUT2D eigenvalue weighted by Crippen LogP contribution is 2.80. The molecule has 0 spiro atoms. The fourth-order valence-corrected chi connectivity index (χ4v) is 29.6. The Labute approximate surface area is 560 Å². The average molecular weight is 1270 g/mol. The quantitative estimate of drug-likeness (QED) is 0.0334. The minimum absolute atomic E-state index is 0.238. The largest absolute Gasteiger partial charge is 0.0654 e. The van der Waals surface area contributed by atoms with E-state index in [1.54, 1.807) is 98.6 Å². The van der Waals surface area contributed by atoms with Crippen molar-refractivity contribution < 1.29 is 0 Å². The molecule has 0 amide bonds. The first-order valence-electron chi connectivity index (χ1n) is 38.3. The molecule has 0 aliphatic carbocycles. The Morgan fingerprint density at radius 2 is 0.344 bits per heavy atom. The maximum absolute atomic E-state index is 2.82. The normalized spacial score (nSPS) is 12.0. The molecule has 0 unspecified atom stereocenters. The Balaban J connectivity index is 2.18. The van der Waals surface area contributed by atoms with E-state index in [-0.39, 0.29) is 4.64 Å². The van der Waals surface area contributed by atoms with Gasteiger partial charge in [-0.05, 0) is 283 Å². The van der Waals surface area contributed by atoms with Crippen LogP contribution < -0.4 is 31.8 Å². The molecule has 90 heavy (non-hydrogen) atoms. The number of rotatable bonds is 46. The summed E-state index contributed by atoms with van der Waals surface area (Å²) in [6.07, 6.45) is 44.4. The third kappa shape index (κ3) is 19.6. The number of benzene rings is 6. The van der Waals surface area contributed by atoms with Gasteiger partial charge < -0.3 is 0 Å². The lowest BCUT2D eigenvalue weighted by atomic mass is 9.97. The van der Waals surface area contributed by atoms with Gasteiger partial charge in [-0.1, -0.05) is 276 Å². The second kappa shape index (κ2) is 42.1. The Hall–Kier alpha value is -3.39. The summed E-state index contributed by atoms with van der Waals surface area (Å²) >= 11 is 0. The van der Waals surface area contributed by atoms with E-state index in [0.717, 1.165) is 83.5 Å². The molecular weight excluding hydrogens is 1140 g/mol. The van der Waals surface area contributed by atoms with Gasteiger partial charge in [0.15, 0.2) is 0 Å². The fraction of sp³-hybridized carbons (Fsp3) is 0.586. The van der Waals surface area contributed by atoms with E-state index in [0.29, 0.717) is 0 Å². The van der Waals surface area contributed by atoms with E-state index in [4.69, 9.17) is 0 Å². The summed E-state index contributed by atoms with van der Waals surface area (Å²) in [5.74, 6) is 0. The summed E-state index contributed by atoms with van der Waals surface area (Å²) in [5.41, 5.74) is 20.3. The van der Waals surface area contributed by atoms with Crippen molar-refractivity contribution in [3.63, 3.8) is 0 Å². The first-order chi connectivity index (χ1) is 44.2. The Morgan fingerprint density at radius 1 is 0.200 bits per heavy atom. The monoisotopic (exact) mass is 1270 g/mol. The molecule has 3 heteroatoms. The van der Waals surface area contributed by atoms with Crippen LogP contribution in [-0.2, 0) is 77.0 Å². The molecular formula is C87H131P3. The van der Waals surface area contributed by atoms with Crippen LogP contribution in [0.4, 0.5) is 0 Å². The zero-order valence-electron chi connectivity index (χ0n) is 60.4. The minimum Gasteiger partial charge on any atom is -0.0654 e. The molecule has 0 aromatic heterocycles. The van der Waals surface area contributed by atoms with E-state index in [9.17, 15) is 0 Å². The minimum atomic E-state index is -1.13. The predicted octanol–water partition coefficient (Wildman–Crippen LogP) is 24.6. The lowest BCUT2D eigenvalue weighted by molar-refractivity contribution is 0.759. The zero-order valence-corrected chi connectivity index (χ0v) is 63.1. The van der Waals surface area contributed by atoms with Crippen molar-refractivity contribution in [3.05, 3.63) is 176 Å². The average Bonchev–Trinajstić information content (AvgIpc) is 0.701. The van der Waals surface area contributed by atoms with Crippen LogP contribution in [0.15, 0.2) is 109 Å². The van der Waals surface area contributed by atoms with Crippen molar-refractivity contribution in [1.29, 1.82) is 0 Å². The maximum Gasteiger partial charge on any atom is 0.0543 e. The lowest BCUT2D eigenvalue weighted by Crippen LogP contribution is -2.45. The van der Waals surface area contributed by atoms with Gasteiger partial charge in [-0.15, -0.1) is 0 Å². The second-order valence-electron chi connectivity index (χ2n) is 26.9. The SMILES string of the molecule is CCCCc1cccc(P(c2cccc(CCCC)c2CCCC)C(CC)(P(c2cccc(CCCC)c2CCCC)c2cccc(CCCC)c2CCCC)P(c2cccc(CCCC)c2CCCC)c2cccc(CCCC)c2CCCC)c1CCCC. The van der Waals surface area contributed by atoms with Crippen molar-refractivity contribution in [3.8, 4) is 0 Å². The van der Waals surface area contributed by atoms with Gasteiger partial charge in [0, 0.05) is 0 Å². The maximum atomic E-state index is 2.82. The van der Waals surface area contributed by atoms with Crippen LogP contribution in [0.25, 0.3) is 0 Å². The molecule has 0 atom stereocenters. The van der Waals surface area contributed by atoms with E-state index in [1.165, 1.54) is 154 Å². The predicted molar refractivity (Wildman–Crippen MR) is 414 cm³/mol. The molecule has 0 aliphatic rings. The third-order valence-corrected chi connectivity index (χ3v) is 32.1. The van der Waals surface area contributed by atoms with Gasteiger partial charge in [0.25, 0.3) is 0 Å². The van der Waals surface area contributed by atoms with Crippen LogP contribution in [0.5, 0.6) is 0 Å². The molecule has 6 aromatic rings. The molecule has 0 N–H and O–H groups in total. The summed E-state index contributed by atoms with van der Waals surface area (Å²) in [6.45, 7) is 32.2. The van der Waals surface area contributed by atoms with Crippen molar-refractivity contribution in [1.82, 2.24) is 0 Å². The van der Waals surface area contributed by atoms with Crippen molar-refractivity contribution in [2.45, 2.75) is 332 Å². The molecule has 494 valence electrons. The smallest absolute Gasteiger partial charge is 0.0543 e. The van der Waals surface area contributed by atoms with Crippen LogP contribution in [0.2, 0.25) is 0 Å². The van der Waals surface area contributed by atoms with Crippen LogP contribution >= 0.6 is 23.8 Å². The van der Waals surface area contributed by atoms with Crippen molar-refractivity contribution in [2.75, 3.05) is 0 Å². The molecule has 0 fully saturated rings. The topological polar surface area (TPSA) is 0 Å². The second-order valence-corrected chi connectivity index (χ2v) is 35.1. The van der Waals surface area contributed by atoms with Gasteiger partial charge in [-0.3, -0.25) is 0 Å². The molecule has 0 nitrogen and oxygen atoms in total. The van der Waals surface area contributed by atoms with Crippen LogP contribution in [0.3, 0.4) is 0 Å². The van der Waals surface area contributed by atoms with Crippen molar-refractivity contribution >= 4 is 55.6 Å². The fourth-order valence-electron chi connectivity index (χ4n) is 14.8. The van der Waals surface area contributed by atoms with Gasteiger partial charge in [-0.2, -0.15) is 0 Å². The van der Waals surface area contributed by atoms with E-state index < -0.39 is 23.8 Å². The zero-order chi connectivity index (χ0) is 64.5. The first kappa shape index (κ1) is 75.6. The number of hydrogen-bond donors (Lipinski definition) is 0. The Morgan fingerprint density at radius 3 is 0.478 bits per heavy atom. The van der Waals surface area contributed by atoms with Crippen LogP contribution in [0.1, 0.15) is 317 Å². The summed E-state index contributed by atoms with van der Waals surface area (Å²) in [7, 11) is -3.40. The summed E-state index contributed by atoms with van der Waals surface area (Å²) in [4.78, 5) is 0. The summed E-state index contributed by atoms with van der Waals surface area (Å²) in [6, 6.07) is 48.2. The van der Waals surface area contributed by atoms with Crippen LogP contribution in [-0.4, -0.2) is 4.64 Å². The summed E-state index contributed by atoms with van der Waals surface area (Å²) < 4.78 is -0.238. The molecule has 0 aliphatic heterocycles. The molecule has 0 saturated heterocycles. The van der Waals surface area contributed by atoms with E-state index in [2.05, 4.69) is 199 Å². The lowest BCUT2D eigenvalue weighted by Gasteiger charge is -2.55. The number of hydrogen-bond acceptors (Lipinski definition) is 0. The van der Waals surface area contributed by atoms with E-state index >= 15 is 0 Å². The third-order valence-electron chi connectivity index (χ3n) is 20.0. The highest BCUT2D eigenvalue weighted by atomic mass is 31.2. The van der Waals surface area contributed by atoms with E-state index in [1.807, 2.05) is 0 Å². The number of unbranched alkanes of at least 4 members (excludes halogenated alkanes) is 12. The van der Waals surface area contributed by atoms with Gasteiger partial charge in [0.2, 0.25) is 0 Å². The standard InChI is InChI=1S/C87H131P3/c1-14-27-45-69-51-39-63-81(75(69)57-33-20-7)88(82-64-40-52-70(46-28-15-2)76(82)58-34-21-8)87(26-13,89(83-65-41-53-71(47-29-16-3)77(83)59-35-22-9)84-66-42-54-72(48-30-17-4)78(84)60-36-23-10)90(85-67-43-55-73(49-31-18-5)79(85)61-37-24-11)86-68-44-56-74(50-32-19-6)80(86)62-38-25-12/h39-44,51-56,63-68H,14-38,45-50,57-62H2,1-13H3. The number of aryl methyl sites for hydroxylation is 6. The molecule has 6 aromatic carbocycles. The molecule has 0 radical (unpaired) electrons. The van der Waals surface area contributed by atoms with Gasteiger partial charge in [0.05, 0.1) is 4.64 Å². The molecule has 0 saturated carbocycles. The Bertz CT molecular complexity index is 2470. The first-order valence-corrected chi connectivity index (χ1v) is 42.3. The van der Waals surface area contributed by atoms with Gasteiger partial charge >= 0.3 is 0 Å². The highest BCUT2D eigenvalue weighted by molar-refractivity contribution is 8.05. The molecule has 0 heterocycles. The van der Waals surface area contributed by atoms with Gasteiger partial charge in [0.1, 0.15) is 0 Å². The highest BCUT2D eigenvalue weighted by Gasteiger charge is 2.56. The molecule has 0 bridgehead atoms. The molecule has 6 rings (SSSR count).